The number of carbonyl (C=O) groups is 1. The van der Waals surface area contributed by atoms with E-state index in [1.807, 2.05) is 0 Å². The van der Waals surface area contributed by atoms with Gasteiger partial charge in [-0.1, -0.05) is 11.6 Å². The lowest BCUT2D eigenvalue weighted by atomic mass is 9.99. The van der Waals surface area contributed by atoms with Crippen LogP contribution < -0.4 is 5.32 Å². The van der Waals surface area contributed by atoms with Crippen molar-refractivity contribution in [3.63, 3.8) is 0 Å². The van der Waals surface area contributed by atoms with Gasteiger partial charge >= 0.3 is 5.97 Å². The Balaban J connectivity index is 2.41. The fourth-order valence-electron chi connectivity index (χ4n) is 1.97. The quantitative estimate of drug-likeness (QED) is 0.813. The van der Waals surface area contributed by atoms with E-state index >= 15 is 0 Å². The minimum absolute atomic E-state index is 0.134. The Morgan fingerprint density at radius 3 is 2.93 bits per heavy atom. The number of hydrogen-bond donors (Lipinski definition) is 2. The average molecular weight is 226 g/mol. The van der Waals surface area contributed by atoms with Crippen LogP contribution in [0.3, 0.4) is 0 Å². The molecule has 1 fully saturated rings. The number of aromatic carboxylic acids is 1. The van der Waals surface area contributed by atoms with Gasteiger partial charge in [-0.3, -0.25) is 0 Å². The maximum Gasteiger partial charge on any atom is 0.336 e. The van der Waals surface area contributed by atoms with E-state index in [2.05, 4.69) is 5.32 Å². The van der Waals surface area contributed by atoms with Gasteiger partial charge in [-0.15, -0.1) is 0 Å². The number of halogens is 1. The predicted octanol–water partition coefficient (Wildman–Crippen LogP) is 2.46. The fraction of sp³-hybridized carbons (Fsp3) is 0.364. The Kier molecular flexibility index (Phi) is 2.93. The van der Waals surface area contributed by atoms with E-state index in [0.717, 1.165) is 24.9 Å². The van der Waals surface area contributed by atoms with Crippen LogP contribution in [0.4, 0.5) is 0 Å². The lowest BCUT2D eigenvalue weighted by Crippen LogP contribution is -2.16. The molecule has 1 aromatic carbocycles. The third-order valence-electron chi connectivity index (χ3n) is 2.68. The van der Waals surface area contributed by atoms with Crippen LogP contribution in [0.5, 0.6) is 0 Å². The Morgan fingerprint density at radius 2 is 2.33 bits per heavy atom. The Labute approximate surface area is 93.1 Å². The van der Waals surface area contributed by atoms with E-state index in [9.17, 15) is 4.79 Å². The van der Waals surface area contributed by atoms with Crippen LogP contribution in [0.2, 0.25) is 5.02 Å². The summed E-state index contributed by atoms with van der Waals surface area (Å²) < 4.78 is 0. The van der Waals surface area contributed by atoms with Crippen LogP contribution in [0, 0.1) is 0 Å². The molecule has 80 valence electrons. The lowest BCUT2D eigenvalue weighted by Gasteiger charge is -2.13. The molecule has 0 bridgehead atoms. The number of benzene rings is 1. The number of nitrogens with one attached hydrogen (secondary N) is 1. The molecule has 1 aromatic rings. The molecule has 0 aliphatic carbocycles. The molecular weight excluding hydrogens is 214 g/mol. The zero-order valence-corrected chi connectivity index (χ0v) is 8.92. The molecule has 0 amide bonds. The van der Waals surface area contributed by atoms with Crippen molar-refractivity contribution >= 4 is 17.6 Å². The Bertz CT molecular complexity index is 386. The van der Waals surface area contributed by atoms with Gasteiger partial charge in [0.1, 0.15) is 0 Å². The summed E-state index contributed by atoms with van der Waals surface area (Å²) in [5, 5.41) is 12.9. The van der Waals surface area contributed by atoms with Crippen LogP contribution in [0.25, 0.3) is 0 Å². The van der Waals surface area contributed by atoms with Gasteiger partial charge in [0, 0.05) is 11.1 Å². The smallest absolute Gasteiger partial charge is 0.336 e. The van der Waals surface area contributed by atoms with E-state index in [4.69, 9.17) is 16.7 Å². The standard InChI is InChI=1S/C11H12ClNO2/c12-7-3-4-8(11(14)15)9(6-7)10-2-1-5-13-10/h3-4,6,10,13H,1-2,5H2,(H,14,15)/t10-/m1/s1. The summed E-state index contributed by atoms with van der Waals surface area (Å²) in [6, 6.07) is 5.06. The summed E-state index contributed by atoms with van der Waals surface area (Å²) in [6.07, 6.45) is 2.05. The molecule has 0 radical (unpaired) electrons. The van der Waals surface area contributed by atoms with Gasteiger partial charge in [0.2, 0.25) is 0 Å². The highest BCUT2D eigenvalue weighted by atomic mass is 35.5. The highest BCUT2D eigenvalue weighted by Crippen LogP contribution is 2.28. The molecule has 4 heteroatoms. The SMILES string of the molecule is O=C(O)c1ccc(Cl)cc1[C@H]1CCCN1. The first-order valence-electron chi connectivity index (χ1n) is 4.94. The van der Waals surface area contributed by atoms with Crippen LogP contribution >= 0.6 is 11.6 Å². The molecule has 0 saturated carbocycles. The molecule has 1 heterocycles. The first kappa shape index (κ1) is 10.5. The second-order valence-corrected chi connectivity index (χ2v) is 4.12. The second kappa shape index (κ2) is 4.21. The molecule has 0 aromatic heterocycles. The van der Waals surface area contributed by atoms with E-state index < -0.39 is 5.97 Å². The Hall–Kier alpha value is -1.06. The molecule has 1 saturated heterocycles. The molecule has 2 rings (SSSR count). The lowest BCUT2D eigenvalue weighted by molar-refractivity contribution is 0.0695. The van der Waals surface area contributed by atoms with Crippen molar-refractivity contribution in [2.24, 2.45) is 0 Å². The van der Waals surface area contributed by atoms with Crippen molar-refractivity contribution in [2.75, 3.05) is 6.54 Å². The fourth-order valence-corrected chi connectivity index (χ4v) is 2.15. The number of carboxylic acid groups (broad SMARTS) is 1. The molecule has 1 aliphatic heterocycles. The number of carboxylic acids is 1. The minimum Gasteiger partial charge on any atom is -0.478 e. The first-order valence-corrected chi connectivity index (χ1v) is 5.32. The highest BCUT2D eigenvalue weighted by molar-refractivity contribution is 6.30. The van der Waals surface area contributed by atoms with Crippen molar-refractivity contribution in [3.8, 4) is 0 Å². The molecule has 2 N–H and O–H groups in total. The van der Waals surface area contributed by atoms with Crippen LogP contribution in [-0.2, 0) is 0 Å². The molecule has 3 nitrogen and oxygen atoms in total. The van der Waals surface area contributed by atoms with Crippen molar-refractivity contribution in [2.45, 2.75) is 18.9 Å². The van der Waals surface area contributed by atoms with Crippen molar-refractivity contribution in [1.82, 2.24) is 5.32 Å². The summed E-state index contributed by atoms with van der Waals surface area (Å²) in [4.78, 5) is 11.0. The zero-order valence-electron chi connectivity index (χ0n) is 8.16. The molecule has 0 spiro atoms. The average Bonchev–Trinajstić information content (AvgIpc) is 2.69. The van der Waals surface area contributed by atoms with E-state index in [0.29, 0.717) is 10.6 Å². The summed E-state index contributed by atoms with van der Waals surface area (Å²) in [5.41, 5.74) is 1.14. The van der Waals surface area contributed by atoms with E-state index in [-0.39, 0.29) is 6.04 Å². The van der Waals surface area contributed by atoms with Gasteiger partial charge in [-0.2, -0.15) is 0 Å². The van der Waals surface area contributed by atoms with Gasteiger partial charge in [0.05, 0.1) is 5.56 Å². The second-order valence-electron chi connectivity index (χ2n) is 3.69. The van der Waals surface area contributed by atoms with Crippen LogP contribution in [-0.4, -0.2) is 17.6 Å². The van der Waals surface area contributed by atoms with Gasteiger partial charge in [0.25, 0.3) is 0 Å². The normalized spacial score (nSPS) is 20.5. The number of hydrogen-bond acceptors (Lipinski definition) is 2. The van der Waals surface area contributed by atoms with Gasteiger partial charge in [-0.05, 0) is 43.1 Å². The molecule has 0 unspecified atom stereocenters. The van der Waals surface area contributed by atoms with Crippen molar-refractivity contribution in [3.05, 3.63) is 34.3 Å². The maximum absolute atomic E-state index is 11.0. The number of rotatable bonds is 2. The molecular formula is C11H12ClNO2. The van der Waals surface area contributed by atoms with Crippen LogP contribution in [0.1, 0.15) is 34.8 Å². The van der Waals surface area contributed by atoms with Gasteiger partial charge in [0.15, 0.2) is 0 Å². The largest absolute Gasteiger partial charge is 0.478 e. The van der Waals surface area contributed by atoms with Crippen molar-refractivity contribution in [1.29, 1.82) is 0 Å². The third-order valence-corrected chi connectivity index (χ3v) is 2.91. The summed E-state index contributed by atoms with van der Waals surface area (Å²) in [6.45, 7) is 0.941. The monoisotopic (exact) mass is 225 g/mol. The summed E-state index contributed by atoms with van der Waals surface area (Å²) >= 11 is 5.88. The van der Waals surface area contributed by atoms with Crippen LogP contribution in [0.15, 0.2) is 18.2 Å². The Morgan fingerprint density at radius 1 is 1.53 bits per heavy atom. The first-order chi connectivity index (χ1) is 7.18. The predicted molar refractivity (Wildman–Crippen MR) is 58.4 cm³/mol. The minimum atomic E-state index is -0.893. The zero-order chi connectivity index (χ0) is 10.8. The summed E-state index contributed by atoms with van der Waals surface area (Å²) in [7, 11) is 0. The maximum atomic E-state index is 11.0. The van der Waals surface area contributed by atoms with Gasteiger partial charge < -0.3 is 10.4 Å². The van der Waals surface area contributed by atoms with Crippen molar-refractivity contribution < 1.29 is 9.90 Å². The molecule has 15 heavy (non-hydrogen) atoms. The van der Waals surface area contributed by atoms with E-state index in [1.165, 1.54) is 0 Å². The highest BCUT2D eigenvalue weighted by Gasteiger charge is 2.21. The molecule has 1 atom stereocenters. The molecule has 1 aliphatic rings. The third kappa shape index (κ3) is 2.13. The van der Waals surface area contributed by atoms with E-state index in [1.54, 1.807) is 18.2 Å². The van der Waals surface area contributed by atoms with Gasteiger partial charge in [-0.25, -0.2) is 4.79 Å². The summed E-state index contributed by atoms with van der Waals surface area (Å²) in [5.74, 6) is -0.893. The topological polar surface area (TPSA) is 49.3 Å².